The third-order valence-corrected chi connectivity index (χ3v) is 2.02. The first-order valence-corrected chi connectivity index (χ1v) is 4.59. The molecule has 0 saturated carbocycles. The molecule has 2 aromatic rings. The molecule has 2 N–H and O–H groups in total. The number of alkyl halides is 1. The summed E-state index contributed by atoms with van der Waals surface area (Å²) in [6, 6.07) is 6.75. The van der Waals surface area contributed by atoms with Crippen molar-refractivity contribution in [2.75, 3.05) is 0 Å². The fourth-order valence-electron chi connectivity index (χ4n) is 1.13. The van der Waals surface area contributed by atoms with Crippen molar-refractivity contribution in [3.63, 3.8) is 0 Å². The quantitative estimate of drug-likeness (QED) is 0.743. The lowest BCUT2D eigenvalue weighted by atomic mass is 10.2. The highest BCUT2D eigenvalue weighted by molar-refractivity contribution is 6.16. The van der Waals surface area contributed by atoms with Crippen LogP contribution in [-0.2, 0) is 5.88 Å². The SMILES string of the molecule is Oc1cccc(-c2n[nH]c(CCl)n2)c1. The molecule has 0 saturated heterocycles. The second-order valence-corrected chi connectivity index (χ2v) is 3.06. The first-order chi connectivity index (χ1) is 6.79. The Morgan fingerprint density at radius 1 is 1.43 bits per heavy atom. The van der Waals surface area contributed by atoms with E-state index in [9.17, 15) is 5.11 Å². The second kappa shape index (κ2) is 3.67. The average Bonchev–Trinajstić information content (AvgIpc) is 2.66. The summed E-state index contributed by atoms with van der Waals surface area (Å²) in [5.74, 6) is 1.65. The summed E-state index contributed by atoms with van der Waals surface area (Å²) in [5, 5.41) is 15.9. The summed E-state index contributed by atoms with van der Waals surface area (Å²) in [7, 11) is 0. The van der Waals surface area contributed by atoms with Gasteiger partial charge in [-0.15, -0.1) is 11.6 Å². The van der Waals surface area contributed by atoms with Crippen LogP contribution in [0.5, 0.6) is 5.75 Å². The van der Waals surface area contributed by atoms with Crippen molar-refractivity contribution < 1.29 is 5.11 Å². The molecule has 1 aromatic heterocycles. The van der Waals surface area contributed by atoms with Crippen molar-refractivity contribution >= 4 is 11.6 Å². The van der Waals surface area contributed by atoms with Crippen LogP contribution in [0.15, 0.2) is 24.3 Å². The zero-order chi connectivity index (χ0) is 9.97. The minimum absolute atomic E-state index is 0.194. The van der Waals surface area contributed by atoms with Gasteiger partial charge in [0.15, 0.2) is 5.82 Å². The number of aromatic hydroxyl groups is 1. The third kappa shape index (κ3) is 1.70. The molecule has 0 aliphatic carbocycles. The molecule has 0 aliphatic heterocycles. The molecule has 0 bridgehead atoms. The zero-order valence-corrected chi connectivity index (χ0v) is 7.99. The monoisotopic (exact) mass is 209 g/mol. The van der Waals surface area contributed by atoms with Crippen LogP contribution in [0.2, 0.25) is 0 Å². The Morgan fingerprint density at radius 3 is 2.93 bits per heavy atom. The molecule has 0 spiro atoms. The van der Waals surface area contributed by atoms with Gasteiger partial charge in [0.05, 0.1) is 5.88 Å². The standard InChI is InChI=1S/C9H8ClN3O/c10-5-8-11-9(13-12-8)6-2-1-3-7(14)4-6/h1-4,14H,5H2,(H,11,12,13). The molecule has 0 atom stereocenters. The van der Waals surface area contributed by atoms with Gasteiger partial charge in [-0.1, -0.05) is 12.1 Å². The van der Waals surface area contributed by atoms with E-state index in [4.69, 9.17) is 11.6 Å². The van der Waals surface area contributed by atoms with E-state index >= 15 is 0 Å². The summed E-state index contributed by atoms with van der Waals surface area (Å²) < 4.78 is 0. The maximum atomic E-state index is 9.25. The Hall–Kier alpha value is -1.55. The van der Waals surface area contributed by atoms with Crippen LogP contribution in [-0.4, -0.2) is 20.3 Å². The Labute approximate surface area is 85.6 Å². The highest BCUT2D eigenvalue weighted by atomic mass is 35.5. The number of H-pyrrole nitrogens is 1. The lowest BCUT2D eigenvalue weighted by molar-refractivity contribution is 0.475. The molecule has 14 heavy (non-hydrogen) atoms. The van der Waals surface area contributed by atoms with Crippen molar-refractivity contribution in [1.29, 1.82) is 0 Å². The van der Waals surface area contributed by atoms with E-state index in [2.05, 4.69) is 15.2 Å². The minimum atomic E-state index is 0.194. The highest BCUT2D eigenvalue weighted by Gasteiger charge is 2.04. The summed E-state index contributed by atoms with van der Waals surface area (Å²) in [6.45, 7) is 0. The van der Waals surface area contributed by atoms with Crippen LogP contribution < -0.4 is 0 Å². The maximum absolute atomic E-state index is 9.25. The predicted octanol–water partition coefficient (Wildman–Crippen LogP) is 1.92. The zero-order valence-electron chi connectivity index (χ0n) is 7.24. The number of rotatable bonds is 2. The van der Waals surface area contributed by atoms with Crippen LogP contribution >= 0.6 is 11.6 Å². The molecular formula is C9H8ClN3O. The molecular weight excluding hydrogens is 202 g/mol. The van der Waals surface area contributed by atoms with E-state index in [1.54, 1.807) is 18.2 Å². The van der Waals surface area contributed by atoms with Crippen LogP contribution in [0.4, 0.5) is 0 Å². The molecule has 0 amide bonds. The van der Waals surface area contributed by atoms with E-state index in [1.165, 1.54) is 0 Å². The molecule has 0 radical (unpaired) electrons. The van der Waals surface area contributed by atoms with Gasteiger partial charge in [-0.05, 0) is 12.1 Å². The van der Waals surface area contributed by atoms with Gasteiger partial charge in [0.2, 0.25) is 0 Å². The van der Waals surface area contributed by atoms with Crippen molar-refractivity contribution in [3.05, 3.63) is 30.1 Å². The normalized spacial score (nSPS) is 10.4. The molecule has 5 heteroatoms. The van der Waals surface area contributed by atoms with E-state index in [1.807, 2.05) is 6.07 Å². The lowest BCUT2D eigenvalue weighted by Crippen LogP contribution is -1.81. The summed E-state index contributed by atoms with van der Waals surface area (Å²) in [4.78, 5) is 4.13. The van der Waals surface area contributed by atoms with E-state index in [-0.39, 0.29) is 5.75 Å². The second-order valence-electron chi connectivity index (χ2n) is 2.79. The van der Waals surface area contributed by atoms with Crippen LogP contribution in [0, 0.1) is 0 Å². The first kappa shape index (κ1) is 9.02. The number of halogens is 1. The highest BCUT2D eigenvalue weighted by Crippen LogP contribution is 2.19. The third-order valence-electron chi connectivity index (χ3n) is 1.76. The Kier molecular flexibility index (Phi) is 2.37. The number of benzene rings is 1. The van der Waals surface area contributed by atoms with E-state index in [0.29, 0.717) is 17.5 Å². The Morgan fingerprint density at radius 2 is 2.29 bits per heavy atom. The Balaban J connectivity index is 2.39. The molecule has 1 aromatic carbocycles. The van der Waals surface area contributed by atoms with Crippen LogP contribution in [0.3, 0.4) is 0 Å². The van der Waals surface area contributed by atoms with Gasteiger partial charge in [0.25, 0.3) is 0 Å². The lowest BCUT2D eigenvalue weighted by Gasteiger charge is -1.94. The molecule has 4 nitrogen and oxygen atoms in total. The summed E-state index contributed by atoms with van der Waals surface area (Å²) in [6.07, 6.45) is 0. The largest absolute Gasteiger partial charge is 0.508 e. The van der Waals surface area contributed by atoms with Gasteiger partial charge in [-0.25, -0.2) is 4.98 Å². The fraction of sp³-hybridized carbons (Fsp3) is 0.111. The first-order valence-electron chi connectivity index (χ1n) is 4.06. The van der Waals surface area contributed by atoms with Crippen LogP contribution in [0.1, 0.15) is 5.82 Å². The molecule has 72 valence electrons. The van der Waals surface area contributed by atoms with E-state index in [0.717, 1.165) is 5.56 Å². The average molecular weight is 210 g/mol. The van der Waals surface area contributed by atoms with Crippen molar-refractivity contribution in [3.8, 4) is 17.1 Å². The van der Waals surface area contributed by atoms with E-state index < -0.39 is 0 Å². The van der Waals surface area contributed by atoms with Gasteiger partial charge in [-0.3, -0.25) is 5.10 Å². The van der Waals surface area contributed by atoms with Gasteiger partial charge in [0.1, 0.15) is 11.6 Å². The maximum Gasteiger partial charge on any atom is 0.181 e. The van der Waals surface area contributed by atoms with Crippen molar-refractivity contribution in [2.45, 2.75) is 5.88 Å². The van der Waals surface area contributed by atoms with Gasteiger partial charge < -0.3 is 5.11 Å². The van der Waals surface area contributed by atoms with Crippen molar-refractivity contribution in [2.24, 2.45) is 0 Å². The van der Waals surface area contributed by atoms with Crippen LogP contribution in [0.25, 0.3) is 11.4 Å². The molecule has 1 heterocycles. The number of hydrogen-bond donors (Lipinski definition) is 2. The van der Waals surface area contributed by atoms with Gasteiger partial charge >= 0.3 is 0 Å². The number of aromatic nitrogens is 3. The number of hydrogen-bond acceptors (Lipinski definition) is 3. The smallest absolute Gasteiger partial charge is 0.181 e. The molecule has 0 unspecified atom stereocenters. The van der Waals surface area contributed by atoms with Gasteiger partial charge in [0, 0.05) is 5.56 Å². The van der Waals surface area contributed by atoms with Gasteiger partial charge in [-0.2, -0.15) is 5.10 Å². The molecule has 0 aliphatic rings. The van der Waals surface area contributed by atoms with Crippen molar-refractivity contribution in [1.82, 2.24) is 15.2 Å². The summed E-state index contributed by atoms with van der Waals surface area (Å²) >= 11 is 5.58. The number of nitrogens with one attached hydrogen (secondary N) is 1. The molecule has 0 fully saturated rings. The molecule has 2 rings (SSSR count). The number of aromatic amines is 1. The topological polar surface area (TPSA) is 61.8 Å². The number of phenolic OH excluding ortho intramolecular Hbond substituents is 1. The minimum Gasteiger partial charge on any atom is -0.508 e. The number of nitrogens with zero attached hydrogens (tertiary/aromatic N) is 2. The fourth-order valence-corrected chi connectivity index (χ4v) is 1.25. The Bertz CT molecular complexity index is 441. The summed E-state index contributed by atoms with van der Waals surface area (Å²) in [5.41, 5.74) is 0.762. The predicted molar refractivity (Wildman–Crippen MR) is 53.0 cm³/mol. The number of phenols is 1.